The maximum atomic E-state index is 2.68. The molecule has 1 atom stereocenters. The highest BCUT2D eigenvalue weighted by atomic mass is 15.2. The van der Waals surface area contributed by atoms with Crippen LogP contribution in [0.3, 0.4) is 0 Å². The first-order valence-corrected chi connectivity index (χ1v) is 8.27. The third-order valence-electron chi connectivity index (χ3n) is 5.71. The summed E-state index contributed by atoms with van der Waals surface area (Å²) < 4.78 is 0. The van der Waals surface area contributed by atoms with Gasteiger partial charge in [-0.15, -0.1) is 0 Å². The van der Waals surface area contributed by atoms with Crippen LogP contribution in [-0.2, 0) is 0 Å². The zero-order valence-corrected chi connectivity index (χ0v) is 13.0. The van der Waals surface area contributed by atoms with Crippen molar-refractivity contribution < 1.29 is 0 Å². The normalized spacial score (nSPS) is 28.0. The van der Waals surface area contributed by atoms with Crippen molar-refractivity contribution in [1.82, 2.24) is 4.90 Å². The second-order valence-electron chi connectivity index (χ2n) is 7.55. The van der Waals surface area contributed by atoms with Gasteiger partial charge in [-0.1, -0.05) is 26.7 Å². The van der Waals surface area contributed by atoms with Crippen LogP contribution in [0.5, 0.6) is 0 Å². The summed E-state index contributed by atoms with van der Waals surface area (Å²) in [6.07, 6.45) is 10.4. The minimum atomic E-state index is 0.752. The van der Waals surface area contributed by atoms with Crippen LogP contribution in [0.25, 0.3) is 0 Å². The van der Waals surface area contributed by atoms with E-state index in [2.05, 4.69) is 32.6 Å². The molecule has 0 bridgehead atoms. The molecule has 1 saturated heterocycles. The fourth-order valence-electron chi connectivity index (χ4n) is 4.12. The third-order valence-corrected chi connectivity index (χ3v) is 5.71. The van der Waals surface area contributed by atoms with E-state index >= 15 is 0 Å². The zero-order chi connectivity index (χ0) is 13.2. The molecule has 0 N–H and O–H groups in total. The van der Waals surface area contributed by atoms with Gasteiger partial charge in [0.2, 0.25) is 0 Å². The minimum absolute atomic E-state index is 0.752. The highest BCUT2D eigenvalue weighted by Crippen LogP contribution is 2.55. The first-order chi connectivity index (χ1) is 8.53. The molecule has 1 heterocycles. The van der Waals surface area contributed by atoms with Gasteiger partial charge >= 0.3 is 0 Å². The van der Waals surface area contributed by atoms with E-state index in [4.69, 9.17) is 0 Å². The van der Waals surface area contributed by atoms with E-state index in [0.717, 1.165) is 23.3 Å². The third kappa shape index (κ3) is 3.10. The molecule has 0 aromatic carbocycles. The smallest absolute Gasteiger partial charge is 0.00385 e. The molecule has 0 aromatic rings. The molecule has 2 rings (SSSR count). The molecular weight excluding hydrogens is 218 g/mol. The maximum absolute atomic E-state index is 2.68. The number of nitrogens with zero attached hydrogens (tertiary/aromatic N) is 1. The van der Waals surface area contributed by atoms with Gasteiger partial charge in [-0.25, -0.2) is 0 Å². The highest BCUT2D eigenvalue weighted by molar-refractivity contribution is 4.98. The molecule has 2 aliphatic rings. The number of hydrogen-bond donors (Lipinski definition) is 0. The first kappa shape index (κ1) is 14.4. The van der Waals surface area contributed by atoms with E-state index in [-0.39, 0.29) is 0 Å². The lowest BCUT2D eigenvalue weighted by molar-refractivity contribution is -0.0453. The Morgan fingerprint density at radius 2 is 1.72 bits per heavy atom. The molecular formula is C17H33N. The van der Waals surface area contributed by atoms with Crippen LogP contribution < -0.4 is 0 Å². The summed E-state index contributed by atoms with van der Waals surface area (Å²) in [6, 6.07) is 0.752. The fourth-order valence-corrected chi connectivity index (χ4v) is 4.12. The average Bonchev–Trinajstić information content (AvgIpc) is 2.33. The van der Waals surface area contributed by atoms with Crippen LogP contribution in [0.4, 0.5) is 0 Å². The van der Waals surface area contributed by atoms with Crippen molar-refractivity contribution in [3.8, 4) is 0 Å². The Kier molecular flexibility index (Phi) is 4.75. The van der Waals surface area contributed by atoms with Gasteiger partial charge < -0.3 is 4.90 Å². The van der Waals surface area contributed by atoms with Gasteiger partial charge in [-0.2, -0.15) is 0 Å². The van der Waals surface area contributed by atoms with Crippen LogP contribution in [0.15, 0.2) is 0 Å². The lowest BCUT2D eigenvalue weighted by Crippen LogP contribution is -2.50. The van der Waals surface area contributed by atoms with Gasteiger partial charge in [0.05, 0.1) is 0 Å². The van der Waals surface area contributed by atoms with Crippen LogP contribution >= 0.6 is 0 Å². The number of hydrogen-bond acceptors (Lipinski definition) is 1. The van der Waals surface area contributed by atoms with Crippen molar-refractivity contribution in [3.63, 3.8) is 0 Å². The van der Waals surface area contributed by atoms with Gasteiger partial charge in [0.15, 0.2) is 0 Å². The SMILES string of the molecule is CC(C)CCCC1CCC12CCN(C(C)C)CC2. The van der Waals surface area contributed by atoms with Crippen LogP contribution in [0.2, 0.25) is 0 Å². The quantitative estimate of drug-likeness (QED) is 0.684. The van der Waals surface area contributed by atoms with Gasteiger partial charge in [0.1, 0.15) is 0 Å². The average molecular weight is 251 g/mol. The van der Waals surface area contributed by atoms with Crippen LogP contribution in [-0.4, -0.2) is 24.0 Å². The fraction of sp³-hybridized carbons (Fsp3) is 1.00. The predicted molar refractivity (Wildman–Crippen MR) is 79.8 cm³/mol. The summed E-state index contributed by atoms with van der Waals surface area (Å²) in [6.45, 7) is 12.1. The second-order valence-corrected chi connectivity index (χ2v) is 7.55. The van der Waals surface area contributed by atoms with Crippen molar-refractivity contribution in [2.45, 2.75) is 78.7 Å². The van der Waals surface area contributed by atoms with Crippen molar-refractivity contribution in [2.75, 3.05) is 13.1 Å². The number of rotatable bonds is 5. The molecule has 18 heavy (non-hydrogen) atoms. The Balaban J connectivity index is 1.76. The minimum Gasteiger partial charge on any atom is -0.301 e. The summed E-state index contributed by atoms with van der Waals surface area (Å²) in [5, 5.41) is 0. The zero-order valence-electron chi connectivity index (χ0n) is 13.0. The standard InChI is InChI=1S/C17H33N/c1-14(2)6-5-7-16-8-9-17(16)10-12-18(13-11-17)15(3)4/h14-16H,5-13H2,1-4H3. The number of piperidine rings is 1. The molecule has 0 aromatic heterocycles. The van der Waals surface area contributed by atoms with Gasteiger partial charge in [0, 0.05) is 6.04 Å². The highest BCUT2D eigenvalue weighted by Gasteiger charge is 2.47. The van der Waals surface area contributed by atoms with E-state index in [1.165, 1.54) is 58.0 Å². The first-order valence-electron chi connectivity index (χ1n) is 8.27. The molecule has 0 radical (unpaired) electrons. The molecule has 1 aliphatic carbocycles. The summed E-state index contributed by atoms with van der Waals surface area (Å²) in [5.74, 6) is 1.97. The maximum Gasteiger partial charge on any atom is 0.00385 e. The largest absolute Gasteiger partial charge is 0.301 e. The Morgan fingerprint density at radius 1 is 1.06 bits per heavy atom. The molecule has 106 valence electrons. The summed E-state index contributed by atoms with van der Waals surface area (Å²) in [5.41, 5.74) is 0.780. The Labute approximate surface area is 114 Å². The molecule has 0 amide bonds. The lowest BCUT2D eigenvalue weighted by atomic mass is 9.54. The Hall–Kier alpha value is -0.0400. The summed E-state index contributed by atoms with van der Waals surface area (Å²) in [7, 11) is 0. The molecule has 1 saturated carbocycles. The second kappa shape index (κ2) is 5.94. The van der Waals surface area contributed by atoms with Crippen molar-refractivity contribution >= 4 is 0 Å². The van der Waals surface area contributed by atoms with Crippen molar-refractivity contribution in [1.29, 1.82) is 0 Å². The topological polar surface area (TPSA) is 3.24 Å². The van der Waals surface area contributed by atoms with Crippen LogP contribution in [0.1, 0.15) is 72.6 Å². The molecule has 1 unspecified atom stereocenters. The van der Waals surface area contributed by atoms with Crippen LogP contribution in [0, 0.1) is 17.3 Å². The Morgan fingerprint density at radius 3 is 2.17 bits per heavy atom. The van der Waals surface area contributed by atoms with E-state index in [1.807, 2.05) is 0 Å². The van der Waals surface area contributed by atoms with Crippen molar-refractivity contribution in [3.05, 3.63) is 0 Å². The molecule has 1 heteroatoms. The summed E-state index contributed by atoms with van der Waals surface area (Å²) >= 11 is 0. The molecule has 1 spiro atoms. The lowest BCUT2D eigenvalue weighted by Gasteiger charge is -2.55. The van der Waals surface area contributed by atoms with E-state index < -0.39 is 0 Å². The molecule has 2 fully saturated rings. The molecule has 1 nitrogen and oxygen atoms in total. The molecule has 1 aliphatic heterocycles. The number of likely N-dealkylation sites (tertiary alicyclic amines) is 1. The summed E-state index contributed by atoms with van der Waals surface area (Å²) in [4.78, 5) is 2.68. The Bertz CT molecular complexity index is 248. The van der Waals surface area contributed by atoms with Gasteiger partial charge in [0.25, 0.3) is 0 Å². The van der Waals surface area contributed by atoms with Gasteiger partial charge in [-0.3, -0.25) is 0 Å². The van der Waals surface area contributed by atoms with E-state index in [1.54, 1.807) is 0 Å². The van der Waals surface area contributed by atoms with Gasteiger partial charge in [-0.05, 0) is 76.3 Å². The van der Waals surface area contributed by atoms with E-state index in [0.29, 0.717) is 0 Å². The monoisotopic (exact) mass is 251 g/mol. The van der Waals surface area contributed by atoms with E-state index in [9.17, 15) is 0 Å². The predicted octanol–water partition coefficient (Wildman–Crippen LogP) is 4.71. The van der Waals surface area contributed by atoms with Crippen molar-refractivity contribution in [2.24, 2.45) is 17.3 Å².